The number of rotatable bonds is 9. The lowest BCUT2D eigenvalue weighted by molar-refractivity contribution is -0.116. The van der Waals surface area contributed by atoms with Crippen LogP contribution >= 0.6 is 0 Å². The third-order valence-corrected chi connectivity index (χ3v) is 3.18. The molecule has 0 spiro atoms. The number of carbonyl (C=O) groups is 1. The Morgan fingerprint density at radius 1 is 1.37 bits per heavy atom. The molecule has 0 aliphatic carbocycles. The fourth-order valence-corrected chi connectivity index (χ4v) is 2.00. The Kier molecular flexibility index (Phi) is 7.93. The molecule has 0 unspecified atom stereocenters. The zero-order valence-electron chi connectivity index (χ0n) is 11.7. The van der Waals surface area contributed by atoms with Crippen molar-refractivity contribution in [2.75, 3.05) is 26.7 Å². The number of hydrogen-bond donors (Lipinski definition) is 3. The van der Waals surface area contributed by atoms with E-state index in [1.807, 2.05) is 13.1 Å². The Bertz CT molecular complexity index is 327. The molecule has 0 aromatic carbocycles. The van der Waals surface area contributed by atoms with E-state index in [-0.39, 0.29) is 5.91 Å². The number of nitrogens with zero attached hydrogens (tertiary/aromatic N) is 1. The summed E-state index contributed by atoms with van der Waals surface area (Å²) < 4.78 is 0. The van der Waals surface area contributed by atoms with Crippen molar-refractivity contribution in [2.24, 2.45) is 0 Å². The van der Waals surface area contributed by atoms with Crippen LogP contribution in [0.2, 0.25) is 0 Å². The van der Waals surface area contributed by atoms with Crippen molar-refractivity contribution in [3.63, 3.8) is 0 Å². The van der Waals surface area contributed by atoms with Crippen LogP contribution in [0.4, 0.5) is 0 Å². The zero-order chi connectivity index (χ0) is 13.9. The molecule has 0 radical (unpaired) electrons. The van der Waals surface area contributed by atoms with E-state index in [1.165, 1.54) is 0 Å². The number of amides is 1. The fourth-order valence-electron chi connectivity index (χ4n) is 2.00. The van der Waals surface area contributed by atoms with Crippen molar-refractivity contribution in [3.8, 4) is 0 Å². The summed E-state index contributed by atoms with van der Waals surface area (Å²) in [6, 6.07) is 0. The minimum atomic E-state index is -0.0294. The second-order valence-electron chi connectivity index (χ2n) is 4.79. The summed E-state index contributed by atoms with van der Waals surface area (Å²) in [6.45, 7) is 2.38. The largest absolute Gasteiger partial charge is 0.375 e. The van der Waals surface area contributed by atoms with Crippen molar-refractivity contribution in [2.45, 2.75) is 32.1 Å². The SMILES string of the molecule is CN1CCC=C1/C=C/C(=O)NCCCCCCNO. The molecule has 0 aromatic heterocycles. The summed E-state index contributed by atoms with van der Waals surface area (Å²) >= 11 is 0. The molecular weight excluding hydrogens is 242 g/mol. The van der Waals surface area contributed by atoms with Gasteiger partial charge < -0.3 is 15.4 Å². The maximum absolute atomic E-state index is 11.6. The van der Waals surface area contributed by atoms with Crippen LogP contribution in [0.15, 0.2) is 23.9 Å². The predicted octanol–water partition coefficient (Wildman–Crippen LogP) is 1.42. The highest BCUT2D eigenvalue weighted by atomic mass is 16.5. The number of nitrogens with one attached hydrogen (secondary N) is 2. The molecule has 0 bridgehead atoms. The van der Waals surface area contributed by atoms with E-state index >= 15 is 0 Å². The number of hydroxylamine groups is 1. The highest BCUT2D eigenvalue weighted by Gasteiger charge is 2.07. The van der Waals surface area contributed by atoms with Gasteiger partial charge in [-0.05, 0) is 25.3 Å². The summed E-state index contributed by atoms with van der Waals surface area (Å²) in [7, 11) is 2.03. The maximum Gasteiger partial charge on any atom is 0.244 e. The lowest BCUT2D eigenvalue weighted by Gasteiger charge is -2.12. The van der Waals surface area contributed by atoms with E-state index in [2.05, 4.69) is 21.8 Å². The number of hydrogen-bond acceptors (Lipinski definition) is 4. The third-order valence-electron chi connectivity index (χ3n) is 3.18. The minimum absolute atomic E-state index is 0.0294. The van der Waals surface area contributed by atoms with Crippen LogP contribution in [-0.4, -0.2) is 42.7 Å². The normalized spacial score (nSPS) is 15.1. The van der Waals surface area contributed by atoms with E-state index in [4.69, 9.17) is 5.21 Å². The molecule has 0 aromatic rings. The molecule has 1 heterocycles. The van der Waals surface area contributed by atoms with Gasteiger partial charge in [-0.25, -0.2) is 5.48 Å². The first-order chi connectivity index (χ1) is 9.24. The van der Waals surface area contributed by atoms with E-state index < -0.39 is 0 Å². The lowest BCUT2D eigenvalue weighted by Crippen LogP contribution is -2.22. The van der Waals surface area contributed by atoms with Gasteiger partial charge in [0.1, 0.15) is 0 Å². The Morgan fingerprint density at radius 2 is 2.11 bits per heavy atom. The molecule has 0 saturated heterocycles. The van der Waals surface area contributed by atoms with Crippen molar-refractivity contribution < 1.29 is 10.0 Å². The molecule has 0 atom stereocenters. The zero-order valence-corrected chi connectivity index (χ0v) is 11.7. The molecule has 1 aliphatic rings. The van der Waals surface area contributed by atoms with Crippen LogP contribution in [0.5, 0.6) is 0 Å². The van der Waals surface area contributed by atoms with Gasteiger partial charge >= 0.3 is 0 Å². The van der Waals surface area contributed by atoms with Crippen LogP contribution in [0, 0.1) is 0 Å². The standard InChI is InChI=1S/C14H25N3O2/c1-17-12-6-7-13(17)8-9-14(18)15-10-4-2-3-5-11-16-19/h7-9,16,19H,2-6,10-12H2,1H3,(H,15,18)/b9-8+. The number of carbonyl (C=O) groups excluding carboxylic acids is 1. The first-order valence-corrected chi connectivity index (χ1v) is 6.98. The van der Waals surface area contributed by atoms with Gasteiger partial charge in [-0.3, -0.25) is 4.79 Å². The summed E-state index contributed by atoms with van der Waals surface area (Å²) in [4.78, 5) is 13.7. The van der Waals surface area contributed by atoms with Gasteiger partial charge in [0.2, 0.25) is 5.91 Å². The molecule has 1 aliphatic heterocycles. The van der Waals surface area contributed by atoms with Crippen LogP contribution in [0.25, 0.3) is 0 Å². The summed E-state index contributed by atoms with van der Waals surface area (Å²) in [5.41, 5.74) is 3.25. The number of likely N-dealkylation sites (N-methyl/N-ethyl adjacent to an activating group) is 1. The van der Waals surface area contributed by atoms with Gasteiger partial charge in [-0.15, -0.1) is 0 Å². The smallest absolute Gasteiger partial charge is 0.244 e. The second-order valence-corrected chi connectivity index (χ2v) is 4.79. The third kappa shape index (κ3) is 6.98. The molecule has 108 valence electrons. The van der Waals surface area contributed by atoms with Crippen molar-refractivity contribution in [3.05, 3.63) is 23.9 Å². The molecule has 5 nitrogen and oxygen atoms in total. The highest BCUT2D eigenvalue weighted by molar-refractivity contribution is 5.87. The first-order valence-electron chi connectivity index (χ1n) is 6.98. The van der Waals surface area contributed by atoms with Gasteiger partial charge in [-0.1, -0.05) is 18.9 Å². The van der Waals surface area contributed by atoms with Crippen LogP contribution < -0.4 is 10.8 Å². The van der Waals surface area contributed by atoms with Gasteiger partial charge in [0, 0.05) is 38.5 Å². The van der Waals surface area contributed by atoms with Crippen LogP contribution in [-0.2, 0) is 4.79 Å². The van der Waals surface area contributed by atoms with Crippen molar-refractivity contribution in [1.82, 2.24) is 15.7 Å². The van der Waals surface area contributed by atoms with Crippen molar-refractivity contribution in [1.29, 1.82) is 0 Å². The Hall–Kier alpha value is -1.33. The van der Waals surface area contributed by atoms with Crippen LogP contribution in [0.1, 0.15) is 32.1 Å². The van der Waals surface area contributed by atoms with E-state index in [9.17, 15) is 4.79 Å². The molecule has 0 fully saturated rings. The van der Waals surface area contributed by atoms with E-state index in [1.54, 1.807) is 6.08 Å². The molecule has 1 rings (SSSR count). The Labute approximate surface area is 115 Å². The van der Waals surface area contributed by atoms with Gasteiger partial charge in [-0.2, -0.15) is 0 Å². The minimum Gasteiger partial charge on any atom is -0.375 e. The first kappa shape index (κ1) is 15.7. The summed E-state index contributed by atoms with van der Waals surface area (Å²) in [5.74, 6) is -0.0294. The van der Waals surface area contributed by atoms with Gasteiger partial charge in [0.25, 0.3) is 0 Å². The molecule has 1 amide bonds. The number of allylic oxidation sites excluding steroid dienone is 1. The Morgan fingerprint density at radius 3 is 2.74 bits per heavy atom. The monoisotopic (exact) mass is 267 g/mol. The lowest BCUT2D eigenvalue weighted by atomic mass is 10.2. The molecular formula is C14H25N3O2. The quantitative estimate of drug-likeness (QED) is 0.336. The van der Waals surface area contributed by atoms with Crippen LogP contribution in [0.3, 0.4) is 0 Å². The average Bonchev–Trinajstić information content (AvgIpc) is 2.81. The molecule has 19 heavy (non-hydrogen) atoms. The van der Waals surface area contributed by atoms with Gasteiger partial charge in [0.15, 0.2) is 0 Å². The van der Waals surface area contributed by atoms with E-state index in [0.717, 1.165) is 44.3 Å². The second kappa shape index (κ2) is 9.58. The Balaban J connectivity index is 2.03. The predicted molar refractivity (Wildman–Crippen MR) is 75.7 cm³/mol. The summed E-state index contributed by atoms with van der Waals surface area (Å²) in [6.07, 6.45) is 10.7. The highest BCUT2D eigenvalue weighted by Crippen LogP contribution is 2.12. The molecule has 3 N–H and O–H groups in total. The topological polar surface area (TPSA) is 64.6 Å². The van der Waals surface area contributed by atoms with Gasteiger partial charge in [0.05, 0.1) is 0 Å². The average molecular weight is 267 g/mol. The number of unbranched alkanes of at least 4 members (excludes halogenated alkanes) is 3. The maximum atomic E-state index is 11.6. The summed E-state index contributed by atoms with van der Waals surface area (Å²) in [5, 5.41) is 11.3. The fraction of sp³-hybridized carbons (Fsp3) is 0.643. The van der Waals surface area contributed by atoms with E-state index in [0.29, 0.717) is 13.1 Å². The molecule has 0 saturated carbocycles. The van der Waals surface area contributed by atoms with Crippen molar-refractivity contribution >= 4 is 5.91 Å². The molecule has 5 heteroatoms.